The van der Waals surface area contributed by atoms with E-state index in [1.807, 2.05) is 0 Å². The molecule has 1 atom stereocenters. The Bertz CT molecular complexity index is 518. The Hall–Kier alpha value is -2.32. The minimum absolute atomic E-state index is 0.157. The number of nitrogens with one attached hydrogen (secondary N) is 1. The number of hydrogen-bond donors (Lipinski definition) is 3. The van der Waals surface area contributed by atoms with Crippen LogP contribution >= 0.6 is 0 Å². The molecule has 0 aliphatic rings. The molecule has 1 rings (SSSR count). The van der Waals surface area contributed by atoms with Gasteiger partial charge in [0.1, 0.15) is 0 Å². The number of nitrogens with two attached hydrogens (primary N) is 1. The highest BCUT2D eigenvalue weighted by Crippen LogP contribution is 2.30. The van der Waals surface area contributed by atoms with Gasteiger partial charge in [0.2, 0.25) is 5.54 Å². The van der Waals surface area contributed by atoms with Gasteiger partial charge < -0.3 is 16.2 Å². The van der Waals surface area contributed by atoms with Gasteiger partial charge in [-0.2, -0.15) is 13.2 Å². The highest BCUT2D eigenvalue weighted by atomic mass is 19.4. The zero-order valence-corrected chi connectivity index (χ0v) is 9.65. The fourth-order valence-corrected chi connectivity index (χ4v) is 1.14. The van der Waals surface area contributed by atoms with Crippen LogP contribution < -0.4 is 11.1 Å². The molecule has 1 amide bonds. The van der Waals surface area contributed by atoms with E-state index in [0.29, 0.717) is 6.92 Å². The lowest BCUT2D eigenvalue weighted by molar-refractivity contribution is -0.203. The molecule has 0 fully saturated rings. The van der Waals surface area contributed by atoms with Gasteiger partial charge in [-0.15, -0.1) is 0 Å². The third-order valence-electron chi connectivity index (χ3n) is 2.41. The summed E-state index contributed by atoms with van der Waals surface area (Å²) in [5, 5.41) is 10.0. The van der Waals surface area contributed by atoms with Crippen molar-refractivity contribution in [3.63, 3.8) is 0 Å². The smallest absolute Gasteiger partial charge is 0.422 e. The molecule has 6 nitrogen and oxygen atoms in total. The second-order valence-corrected chi connectivity index (χ2v) is 3.82. The monoisotopic (exact) mass is 277 g/mol. The average molecular weight is 277 g/mol. The third kappa shape index (κ3) is 2.75. The fourth-order valence-electron chi connectivity index (χ4n) is 1.14. The van der Waals surface area contributed by atoms with Gasteiger partial charge in [0.25, 0.3) is 5.91 Å². The molecule has 0 saturated heterocycles. The molecule has 1 aromatic rings. The molecule has 0 bridgehead atoms. The Kier molecular flexibility index (Phi) is 3.68. The molecule has 0 aliphatic carbocycles. The van der Waals surface area contributed by atoms with Crippen molar-refractivity contribution in [3.8, 4) is 0 Å². The second kappa shape index (κ2) is 4.75. The molecule has 0 aromatic carbocycles. The molecule has 4 N–H and O–H groups in total. The Morgan fingerprint density at radius 2 is 2.00 bits per heavy atom. The maximum absolute atomic E-state index is 12.7. The fraction of sp³-hybridized carbons (Fsp3) is 0.300. The zero-order valence-electron chi connectivity index (χ0n) is 9.65. The van der Waals surface area contributed by atoms with E-state index >= 15 is 0 Å². The van der Waals surface area contributed by atoms with Crippen molar-refractivity contribution < 1.29 is 27.9 Å². The van der Waals surface area contributed by atoms with Crippen LogP contribution in [0.15, 0.2) is 18.3 Å². The van der Waals surface area contributed by atoms with Crippen LogP contribution in [0.3, 0.4) is 0 Å². The Morgan fingerprint density at radius 1 is 1.42 bits per heavy atom. The van der Waals surface area contributed by atoms with E-state index in [1.165, 1.54) is 17.4 Å². The first kappa shape index (κ1) is 14.7. The third-order valence-corrected chi connectivity index (χ3v) is 2.41. The molecule has 104 valence electrons. The number of carbonyl (C=O) groups is 2. The summed E-state index contributed by atoms with van der Waals surface area (Å²) in [5.74, 6) is -3.55. The van der Waals surface area contributed by atoms with Gasteiger partial charge in [-0.1, -0.05) is 0 Å². The first-order chi connectivity index (χ1) is 8.59. The lowest BCUT2D eigenvalue weighted by Crippen LogP contribution is -2.62. The van der Waals surface area contributed by atoms with Crippen molar-refractivity contribution in [2.24, 2.45) is 0 Å². The maximum Gasteiger partial charge on any atom is 0.422 e. The molecule has 1 unspecified atom stereocenters. The first-order valence-corrected chi connectivity index (χ1v) is 4.92. The van der Waals surface area contributed by atoms with Crippen LogP contribution in [0.1, 0.15) is 17.4 Å². The Morgan fingerprint density at radius 3 is 2.42 bits per heavy atom. The van der Waals surface area contributed by atoms with Gasteiger partial charge >= 0.3 is 12.1 Å². The predicted molar refractivity (Wildman–Crippen MR) is 58.2 cm³/mol. The number of amides is 1. The number of nitrogens with zero attached hydrogens (tertiary/aromatic N) is 1. The number of carboxylic acid groups (broad SMARTS) is 1. The molecule has 19 heavy (non-hydrogen) atoms. The van der Waals surface area contributed by atoms with Gasteiger partial charge in [-0.3, -0.25) is 4.79 Å². The topological polar surface area (TPSA) is 105 Å². The molecule has 1 heterocycles. The number of alkyl halides is 3. The molecule has 9 heteroatoms. The molecular formula is C10H10F3N3O3. The van der Waals surface area contributed by atoms with Crippen molar-refractivity contribution in [1.82, 2.24) is 10.3 Å². The number of hydrogen-bond acceptors (Lipinski definition) is 4. The van der Waals surface area contributed by atoms with Crippen LogP contribution in [-0.4, -0.2) is 33.7 Å². The average Bonchev–Trinajstić information content (AvgIpc) is 2.27. The number of halogens is 3. The normalized spacial score (nSPS) is 14.5. The van der Waals surface area contributed by atoms with Crippen LogP contribution in [0.4, 0.5) is 18.9 Å². The van der Waals surface area contributed by atoms with Crippen molar-refractivity contribution in [3.05, 3.63) is 24.0 Å². The molecule has 1 aromatic heterocycles. The van der Waals surface area contributed by atoms with Crippen molar-refractivity contribution in [2.45, 2.75) is 18.6 Å². The summed E-state index contributed by atoms with van der Waals surface area (Å²) in [4.78, 5) is 25.9. The molecule has 0 radical (unpaired) electrons. The Labute approximate surface area is 105 Å². The SMILES string of the molecule is CC(NC(=O)c1ncccc1N)(C(=O)O)C(F)(F)F. The summed E-state index contributed by atoms with van der Waals surface area (Å²) in [5.41, 5.74) is 1.32. The van der Waals surface area contributed by atoms with Gasteiger partial charge in [0, 0.05) is 6.20 Å². The van der Waals surface area contributed by atoms with Gasteiger partial charge in [0.05, 0.1) is 5.69 Å². The van der Waals surface area contributed by atoms with Gasteiger partial charge in [-0.05, 0) is 19.1 Å². The molecular weight excluding hydrogens is 267 g/mol. The second-order valence-electron chi connectivity index (χ2n) is 3.82. The number of carboxylic acids is 1. The van der Waals surface area contributed by atoms with Crippen LogP contribution in [-0.2, 0) is 4.79 Å². The van der Waals surface area contributed by atoms with Crippen molar-refractivity contribution in [2.75, 3.05) is 5.73 Å². The predicted octanol–water partition coefficient (Wildman–Crippen LogP) is 0.799. The summed E-state index contributed by atoms with van der Waals surface area (Å²) in [6.45, 7) is 0.340. The molecule has 0 aliphatic heterocycles. The number of nitrogen functional groups attached to an aromatic ring is 1. The quantitative estimate of drug-likeness (QED) is 0.757. The Balaban J connectivity index is 3.10. The summed E-state index contributed by atoms with van der Waals surface area (Å²) in [6, 6.07) is 2.64. The lowest BCUT2D eigenvalue weighted by atomic mass is 10.0. The van der Waals surface area contributed by atoms with Crippen molar-refractivity contribution in [1.29, 1.82) is 0 Å². The number of carbonyl (C=O) groups excluding carboxylic acids is 1. The van der Waals surface area contributed by atoms with Crippen molar-refractivity contribution >= 4 is 17.6 Å². The summed E-state index contributed by atoms with van der Waals surface area (Å²) >= 11 is 0. The maximum atomic E-state index is 12.7. The zero-order chi connectivity index (χ0) is 14.8. The summed E-state index contributed by atoms with van der Waals surface area (Å²) < 4.78 is 38.1. The van der Waals surface area contributed by atoms with Crippen LogP contribution in [0.25, 0.3) is 0 Å². The van der Waals surface area contributed by atoms with Gasteiger partial charge in [0.15, 0.2) is 5.69 Å². The summed E-state index contributed by atoms with van der Waals surface area (Å²) in [6.07, 6.45) is -4.02. The minimum atomic E-state index is -5.17. The minimum Gasteiger partial charge on any atom is -0.479 e. The van der Waals surface area contributed by atoms with E-state index < -0.39 is 29.3 Å². The first-order valence-electron chi connectivity index (χ1n) is 4.92. The van der Waals surface area contributed by atoms with Crippen LogP contribution in [0.5, 0.6) is 0 Å². The van der Waals surface area contributed by atoms with Crippen LogP contribution in [0, 0.1) is 0 Å². The number of pyridine rings is 1. The van der Waals surface area contributed by atoms with E-state index in [1.54, 1.807) is 0 Å². The van der Waals surface area contributed by atoms with Gasteiger partial charge in [-0.25, -0.2) is 9.78 Å². The lowest BCUT2D eigenvalue weighted by Gasteiger charge is -2.28. The van der Waals surface area contributed by atoms with E-state index in [-0.39, 0.29) is 5.69 Å². The van der Waals surface area contributed by atoms with Crippen LogP contribution in [0.2, 0.25) is 0 Å². The number of aliphatic carboxylic acids is 1. The largest absolute Gasteiger partial charge is 0.479 e. The van der Waals surface area contributed by atoms with E-state index in [4.69, 9.17) is 10.8 Å². The molecule has 0 saturated carbocycles. The van der Waals surface area contributed by atoms with E-state index in [9.17, 15) is 22.8 Å². The van der Waals surface area contributed by atoms with E-state index in [0.717, 1.165) is 6.20 Å². The number of aromatic nitrogens is 1. The highest BCUT2D eigenvalue weighted by Gasteiger charge is 2.58. The number of anilines is 1. The number of rotatable bonds is 3. The standard InChI is InChI=1S/C10H10F3N3O3/c1-9(8(18)19,10(11,12)13)16-7(17)6-5(14)3-2-4-15-6/h2-4H,14H2,1H3,(H,16,17)(H,18,19). The highest BCUT2D eigenvalue weighted by molar-refractivity contribution is 6.00. The summed E-state index contributed by atoms with van der Waals surface area (Å²) in [7, 11) is 0. The van der Waals surface area contributed by atoms with E-state index in [2.05, 4.69) is 4.98 Å². The molecule has 0 spiro atoms.